The largest absolute Gasteiger partial charge is 0.489 e. The first-order valence-corrected chi connectivity index (χ1v) is 9.88. The SMILES string of the molecule is N[C@H]1Cc2ccccc2[C@H]1CCCc1ccc(OCc2ccccc2)cc1. The van der Waals surface area contributed by atoms with Gasteiger partial charge in [-0.25, -0.2) is 0 Å². The second kappa shape index (κ2) is 8.41. The number of rotatable bonds is 7. The van der Waals surface area contributed by atoms with Crippen molar-refractivity contribution in [2.24, 2.45) is 5.73 Å². The highest BCUT2D eigenvalue weighted by atomic mass is 16.5. The molecule has 0 amide bonds. The van der Waals surface area contributed by atoms with Crippen LogP contribution in [0.25, 0.3) is 0 Å². The molecular formula is C25H27NO. The minimum atomic E-state index is 0.274. The zero-order valence-corrected chi connectivity index (χ0v) is 15.7. The van der Waals surface area contributed by atoms with Gasteiger partial charge in [0, 0.05) is 6.04 Å². The molecule has 2 atom stereocenters. The first-order chi connectivity index (χ1) is 13.3. The Balaban J connectivity index is 1.27. The van der Waals surface area contributed by atoms with Gasteiger partial charge in [-0.15, -0.1) is 0 Å². The lowest BCUT2D eigenvalue weighted by Crippen LogP contribution is -2.25. The molecule has 138 valence electrons. The van der Waals surface area contributed by atoms with Crippen LogP contribution >= 0.6 is 0 Å². The molecular weight excluding hydrogens is 330 g/mol. The molecule has 0 saturated carbocycles. The van der Waals surface area contributed by atoms with Crippen molar-refractivity contribution in [1.29, 1.82) is 0 Å². The summed E-state index contributed by atoms with van der Waals surface area (Å²) < 4.78 is 5.87. The highest BCUT2D eigenvalue weighted by Crippen LogP contribution is 2.35. The predicted octanol–water partition coefficient (Wildman–Crippen LogP) is 5.26. The maximum absolute atomic E-state index is 6.39. The van der Waals surface area contributed by atoms with E-state index in [1.54, 1.807) is 0 Å². The van der Waals surface area contributed by atoms with Crippen LogP contribution in [-0.2, 0) is 19.4 Å². The number of benzene rings is 3. The Kier molecular flexibility index (Phi) is 5.55. The van der Waals surface area contributed by atoms with E-state index in [1.165, 1.54) is 22.3 Å². The van der Waals surface area contributed by atoms with E-state index in [9.17, 15) is 0 Å². The smallest absolute Gasteiger partial charge is 0.119 e. The minimum absolute atomic E-state index is 0.274. The molecule has 3 aromatic rings. The van der Waals surface area contributed by atoms with E-state index in [0.717, 1.165) is 31.4 Å². The summed E-state index contributed by atoms with van der Waals surface area (Å²) in [5.74, 6) is 1.43. The molecule has 2 N–H and O–H groups in total. The van der Waals surface area contributed by atoms with Crippen molar-refractivity contribution in [3.05, 3.63) is 101 Å². The van der Waals surface area contributed by atoms with Gasteiger partial charge in [0.15, 0.2) is 0 Å². The minimum Gasteiger partial charge on any atom is -0.489 e. The maximum Gasteiger partial charge on any atom is 0.119 e. The van der Waals surface area contributed by atoms with Crippen molar-refractivity contribution in [2.45, 2.75) is 44.2 Å². The van der Waals surface area contributed by atoms with Gasteiger partial charge in [-0.1, -0.05) is 66.7 Å². The van der Waals surface area contributed by atoms with E-state index < -0.39 is 0 Å². The molecule has 0 aliphatic heterocycles. The lowest BCUT2D eigenvalue weighted by molar-refractivity contribution is 0.306. The van der Waals surface area contributed by atoms with Crippen LogP contribution in [0, 0.1) is 0 Å². The van der Waals surface area contributed by atoms with Crippen molar-refractivity contribution in [1.82, 2.24) is 0 Å². The van der Waals surface area contributed by atoms with Gasteiger partial charge in [0.25, 0.3) is 0 Å². The van der Waals surface area contributed by atoms with E-state index in [0.29, 0.717) is 12.5 Å². The molecule has 27 heavy (non-hydrogen) atoms. The molecule has 4 rings (SSSR count). The molecule has 0 unspecified atom stereocenters. The van der Waals surface area contributed by atoms with Crippen LogP contribution in [0.5, 0.6) is 5.75 Å². The van der Waals surface area contributed by atoms with Crippen LogP contribution in [0.4, 0.5) is 0 Å². The zero-order chi connectivity index (χ0) is 18.5. The molecule has 0 spiro atoms. The summed E-state index contributed by atoms with van der Waals surface area (Å²) >= 11 is 0. The molecule has 0 aromatic heterocycles. The summed E-state index contributed by atoms with van der Waals surface area (Å²) in [4.78, 5) is 0. The summed E-state index contributed by atoms with van der Waals surface area (Å²) in [5.41, 5.74) is 11.9. The van der Waals surface area contributed by atoms with Gasteiger partial charge in [0.05, 0.1) is 0 Å². The van der Waals surface area contributed by atoms with Crippen LogP contribution in [-0.4, -0.2) is 6.04 Å². The molecule has 0 bridgehead atoms. The molecule has 0 fully saturated rings. The first-order valence-electron chi connectivity index (χ1n) is 9.88. The number of hydrogen-bond acceptors (Lipinski definition) is 2. The van der Waals surface area contributed by atoms with Crippen LogP contribution in [0.1, 0.15) is 41.0 Å². The normalized spacial score (nSPS) is 18.3. The van der Waals surface area contributed by atoms with Crippen LogP contribution in [0.3, 0.4) is 0 Å². The molecule has 0 heterocycles. The van der Waals surface area contributed by atoms with Crippen molar-refractivity contribution in [3.8, 4) is 5.75 Å². The molecule has 1 aliphatic rings. The number of fused-ring (bicyclic) bond motifs is 1. The Morgan fingerprint density at radius 2 is 1.56 bits per heavy atom. The number of hydrogen-bond donors (Lipinski definition) is 1. The fraction of sp³-hybridized carbons (Fsp3) is 0.280. The summed E-state index contributed by atoms with van der Waals surface area (Å²) in [6, 6.07) is 27.8. The highest BCUT2D eigenvalue weighted by Gasteiger charge is 2.28. The summed E-state index contributed by atoms with van der Waals surface area (Å²) in [6.07, 6.45) is 4.43. The predicted molar refractivity (Wildman–Crippen MR) is 111 cm³/mol. The average Bonchev–Trinajstić information content (AvgIpc) is 3.03. The number of nitrogens with two attached hydrogens (primary N) is 1. The summed E-state index contributed by atoms with van der Waals surface area (Å²) in [7, 11) is 0. The van der Waals surface area contributed by atoms with E-state index in [-0.39, 0.29) is 6.04 Å². The van der Waals surface area contributed by atoms with Crippen LogP contribution in [0.15, 0.2) is 78.9 Å². The lowest BCUT2D eigenvalue weighted by atomic mass is 9.92. The summed E-state index contributed by atoms with van der Waals surface area (Å²) in [6.45, 7) is 0.610. The molecule has 2 nitrogen and oxygen atoms in total. The van der Waals surface area contributed by atoms with Gasteiger partial charge in [-0.2, -0.15) is 0 Å². The Hall–Kier alpha value is -2.58. The second-order valence-corrected chi connectivity index (χ2v) is 7.48. The van der Waals surface area contributed by atoms with Crippen molar-refractivity contribution in [3.63, 3.8) is 0 Å². The van der Waals surface area contributed by atoms with E-state index in [4.69, 9.17) is 10.5 Å². The fourth-order valence-electron chi connectivity index (χ4n) is 4.10. The third kappa shape index (κ3) is 4.40. The fourth-order valence-corrected chi connectivity index (χ4v) is 4.10. The van der Waals surface area contributed by atoms with Crippen molar-refractivity contribution < 1.29 is 4.74 Å². The number of ether oxygens (including phenoxy) is 1. The van der Waals surface area contributed by atoms with Crippen molar-refractivity contribution in [2.75, 3.05) is 0 Å². The maximum atomic E-state index is 6.39. The monoisotopic (exact) mass is 357 g/mol. The Bertz CT molecular complexity index is 857. The van der Waals surface area contributed by atoms with E-state index in [1.807, 2.05) is 18.2 Å². The van der Waals surface area contributed by atoms with Crippen LogP contribution < -0.4 is 10.5 Å². The van der Waals surface area contributed by atoms with E-state index >= 15 is 0 Å². The second-order valence-electron chi connectivity index (χ2n) is 7.48. The van der Waals surface area contributed by atoms with Gasteiger partial charge < -0.3 is 10.5 Å². The average molecular weight is 357 g/mol. The van der Waals surface area contributed by atoms with Gasteiger partial charge >= 0.3 is 0 Å². The topological polar surface area (TPSA) is 35.2 Å². The lowest BCUT2D eigenvalue weighted by Gasteiger charge is -2.16. The Morgan fingerprint density at radius 3 is 2.37 bits per heavy atom. The van der Waals surface area contributed by atoms with Crippen molar-refractivity contribution >= 4 is 0 Å². The molecule has 1 aliphatic carbocycles. The molecule has 2 heteroatoms. The van der Waals surface area contributed by atoms with Gasteiger partial charge in [0.1, 0.15) is 12.4 Å². The zero-order valence-electron chi connectivity index (χ0n) is 15.7. The highest BCUT2D eigenvalue weighted by molar-refractivity contribution is 5.37. The summed E-state index contributed by atoms with van der Waals surface area (Å²) in [5, 5.41) is 0. The molecule has 3 aromatic carbocycles. The third-order valence-corrected chi connectivity index (χ3v) is 5.58. The third-order valence-electron chi connectivity index (χ3n) is 5.58. The van der Waals surface area contributed by atoms with Gasteiger partial charge in [-0.05, 0) is 66.0 Å². The Labute approximate surface area is 162 Å². The first kappa shape index (κ1) is 17.8. The van der Waals surface area contributed by atoms with E-state index in [2.05, 4.69) is 60.7 Å². The quantitative estimate of drug-likeness (QED) is 0.626. The van der Waals surface area contributed by atoms with Crippen LogP contribution in [0.2, 0.25) is 0 Å². The molecule has 0 saturated heterocycles. The van der Waals surface area contributed by atoms with Gasteiger partial charge in [-0.3, -0.25) is 0 Å². The Morgan fingerprint density at radius 1 is 0.815 bits per heavy atom. The molecule has 0 radical (unpaired) electrons. The van der Waals surface area contributed by atoms with Gasteiger partial charge in [0.2, 0.25) is 0 Å². The standard InChI is InChI=1S/C25H27NO/c26-25-17-21-10-4-5-11-23(21)24(25)12-6-9-19-13-15-22(16-14-19)27-18-20-7-2-1-3-8-20/h1-5,7-8,10-11,13-16,24-25H,6,9,12,17-18,26H2/t24-,25+/m1/s1. The number of aryl methyl sites for hydroxylation is 1.